The van der Waals surface area contributed by atoms with Crippen molar-refractivity contribution in [2.45, 2.75) is 45.6 Å². The quantitative estimate of drug-likeness (QED) is 0.349. The van der Waals surface area contributed by atoms with Crippen LogP contribution in [0.1, 0.15) is 39.5 Å². The predicted molar refractivity (Wildman–Crippen MR) is 142 cm³/mol. The topological polar surface area (TPSA) is 114 Å². The van der Waals surface area contributed by atoms with Crippen LogP contribution in [0, 0.1) is 0 Å². The predicted octanol–water partition coefficient (Wildman–Crippen LogP) is 5.08. The highest BCUT2D eigenvalue weighted by Gasteiger charge is 2.34. The number of amides is 2. The highest BCUT2D eigenvalue weighted by Crippen LogP contribution is 2.36. The lowest BCUT2D eigenvalue weighted by atomic mass is 10.0. The largest absolute Gasteiger partial charge is 0.457 e. The number of H-pyrrole nitrogens is 1. The maximum absolute atomic E-state index is 13.2. The third-order valence-corrected chi connectivity index (χ3v) is 6.54. The van der Waals surface area contributed by atoms with E-state index in [0.717, 1.165) is 18.6 Å². The van der Waals surface area contributed by atoms with Crippen LogP contribution in [-0.2, 0) is 9.59 Å². The summed E-state index contributed by atoms with van der Waals surface area (Å²) in [6, 6.07) is 16.5. The summed E-state index contributed by atoms with van der Waals surface area (Å²) in [6.07, 6.45) is 3.69. The van der Waals surface area contributed by atoms with Gasteiger partial charge in [0.15, 0.2) is 11.5 Å². The first-order chi connectivity index (χ1) is 18.6. The molecule has 0 aliphatic carbocycles. The number of aromatic nitrogens is 4. The van der Waals surface area contributed by atoms with Gasteiger partial charge in [-0.3, -0.25) is 19.6 Å². The number of fused-ring (bicyclic) bond motifs is 1. The molecule has 1 N–H and O–H groups in total. The molecular formula is C28H30N6O4. The molecule has 0 spiro atoms. The molecule has 1 aliphatic rings. The second-order valence-corrected chi connectivity index (χ2v) is 9.04. The van der Waals surface area contributed by atoms with Crippen LogP contribution >= 0.6 is 0 Å². The Hall–Kier alpha value is -4.47. The zero-order chi connectivity index (χ0) is 26.5. The Bertz CT molecular complexity index is 1410. The van der Waals surface area contributed by atoms with Crippen LogP contribution < -0.4 is 14.4 Å². The van der Waals surface area contributed by atoms with Gasteiger partial charge in [0.2, 0.25) is 17.7 Å². The molecule has 0 saturated carbocycles. The number of rotatable bonds is 8. The first-order valence-electron chi connectivity index (χ1n) is 12.9. The third-order valence-electron chi connectivity index (χ3n) is 6.54. The van der Waals surface area contributed by atoms with Crippen molar-refractivity contribution in [2.24, 2.45) is 0 Å². The summed E-state index contributed by atoms with van der Waals surface area (Å²) in [5.41, 5.74) is 0.459. The molecule has 2 aromatic heterocycles. The number of benzene rings is 2. The minimum Gasteiger partial charge on any atom is -0.457 e. The molecule has 4 aromatic rings. The van der Waals surface area contributed by atoms with Crippen LogP contribution in [0.3, 0.4) is 0 Å². The van der Waals surface area contributed by atoms with Crippen LogP contribution in [0.15, 0.2) is 60.9 Å². The van der Waals surface area contributed by atoms with Crippen molar-refractivity contribution in [1.29, 1.82) is 0 Å². The lowest BCUT2D eigenvalue weighted by molar-refractivity contribution is -0.132. The second kappa shape index (κ2) is 11.3. The van der Waals surface area contributed by atoms with E-state index < -0.39 is 0 Å². The highest BCUT2D eigenvalue weighted by molar-refractivity contribution is 6.02. The Morgan fingerprint density at radius 3 is 2.39 bits per heavy atom. The number of nitrogens with zero attached hydrogens (tertiary/aromatic N) is 5. The van der Waals surface area contributed by atoms with Crippen molar-refractivity contribution in [1.82, 2.24) is 25.1 Å². The van der Waals surface area contributed by atoms with Gasteiger partial charge in [0.25, 0.3) is 0 Å². The molecule has 2 amide bonds. The zero-order valence-corrected chi connectivity index (χ0v) is 21.5. The van der Waals surface area contributed by atoms with Gasteiger partial charge < -0.3 is 14.4 Å². The summed E-state index contributed by atoms with van der Waals surface area (Å²) in [5.74, 6) is 2.63. The van der Waals surface area contributed by atoms with E-state index in [1.165, 1.54) is 6.33 Å². The van der Waals surface area contributed by atoms with Gasteiger partial charge in [-0.05, 0) is 49.2 Å². The summed E-state index contributed by atoms with van der Waals surface area (Å²) in [7, 11) is 0. The van der Waals surface area contributed by atoms with E-state index in [9.17, 15) is 9.59 Å². The number of carbonyl (C=O) groups is 2. The third kappa shape index (κ3) is 5.29. The molecule has 38 heavy (non-hydrogen) atoms. The Kier molecular flexibility index (Phi) is 7.48. The number of aromatic amines is 1. The van der Waals surface area contributed by atoms with E-state index in [4.69, 9.17) is 9.47 Å². The molecule has 2 aromatic carbocycles. The second-order valence-electron chi connectivity index (χ2n) is 9.04. The molecule has 0 radical (unpaired) electrons. The summed E-state index contributed by atoms with van der Waals surface area (Å²) in [4.78, 5) is 37.8. The molecule has 10 nitrogen and oxygen atoms in total. The molecule has 5 rings (SSSR count). The van der Waals surface area contributed by atoms with E-state index in [-0.39, 0.29) is 23.7 Å². The number of hydrogen-bond acceptors (Lipinski definition) is 7. The summed E-state index contributed by atoms with van der Waals surface area (Å²) >= 11 is 0. The molecule has 1 unspecified atom stereocenters. The number of hydrogen-bond donors (Lipinski definition) is 1. The standard InChI is InChI=1S/C28H30N6O4/c1-3-23(35)33-16-8-9-19(17-33)34(24(36)4-2)27-25-26(31-32-27)29-18-30-28(25)38-22-14-12-21(13-15-22)37-20-10-6-5-7-11-20/h5-7,10-15,18-19H,3-4,8-9,16-17H2,1-2H3,(H,29,30,31,32). The number of anilines is 1. The van der Waals surface area contributed by atoms with E-state index in [1.54, 1.807) is 17.0 Å². The van der Waals surface area contributed by atoms with Gasteiger partial charge >= 0.3 is 0 Å². The first kappa shape index (κ1) is 25.2. The average molecular weight is 515 g/mol. The molecule has 1 saturated heterocycles. The maximum Gasteiger partial charge on any atom is 0.235 e. The van der Waals surface area contributed by atoms with Crippen molar-refractivity contribution >= 4 is 28.7 Å². The van der Waals surface area contributed by atoms with E-state index in [0.29, 0.717) is 54.3 Å². The Labute approximate surface area is 220 Å². The van der Waals surface area contributed by atoms with Crippen molar-refractivity contribution in [3.8, 4) is 23.1 Å². The number of carbonyl (C=O) groups excluding carboxylic acids is 2. The lowest BCUT2D eigenvalue weighted by Gasteiger charge is -2.38. The van der Waals surface area contributed by atoms with Crippen molar-refractivity contribution in [3.05, 3.63) is 60.9 Å². The number of ether oxygens (including phenoxy) is 2. The minimum absolute atomic E-state index is 0.0810. The van der Waals surface area contributed by atoms with Gasteiger partial charge in [-0.1, -0.05) is 32.0 Å². The van der Waals surface area contributed by atoms with E-state index >= 15 is 0 Å². The molecular weight excluding hydrogens is 484 g/mol. The number of likely N-dealkylation sites (tertiary alicyclic amines) is 1. The normalized spacial score (nSPS) is 15.3. The van der Waals surface area contributed by atoms with Gasteiger partial charge in [0.05, 0.1) is 6.04 Å². The fourth-order valence-electron chi connectivity index (χ4n) is 4.66. The van der Waals surface area contributed by atoms with Gasteiger partial charge in [-0.25, -0.2) is 9.97 Å². The Morgan fingerprint density at radius 1 is 0.974 bits per heavy atom. The molecule has 3 heterocycles. The fraction of sp³-hybridized carbons (Fsp3) is 0.321. The number of nitrogens with one attached hydrogen (secondary N) is 1. The SMILES string of the molecule is CCC(=O)N1CCCC(N(C(=O)CC)c2n[nH]c3ncnc(Oc4ccc(Oc5ccccc5)cc4)c23)C1. The fourth-order valence-corrected chi connectivity index (χ4v) is 4.66. The molecule has 0 bridgehead atoms. The zero-order valence-electron chi connectivity index (χ0n) is 21.5. The van der Waals surface area contributed by atoms with Crippen LogP contribution in [0.5, 0.6) is 23.1 Å². The average Bonchev–Trinajstić information content (AvgIpc) is 3.39. The Balaban J connectivity index is 1.44. The smallest absolute Gasteiger partial charge is 0.235 e. The molecule has 1 aliphatic heterocycles. The van der Waals surface area contributed by atoms with Gasteiger partial charge in [0.1, 0.15) is 29.0 Å². The molecule has 196 valence electrons. The highest BCUT2D eigenvalue weighted by atomic mass is 16.5. The van der Waals surface area contributed by atoms with Crippen molar-refractivity contribution < 1.29 is 19.1 Å². The maximum atomic E-state index is 13.2. The van der Waals surface area contributed by atoms with Gasteiger partial charge in [-0.2, -0.15) is 5.10 Å². The number of piperidine rings is 1. The minimum atomic E-state index is -0.208. The van der Waals surface area contributed by atoms with E-state index in [2.05, 4.69) is 20.2 Å². The lowest BCUT2D eigenvalue weighted by Crippen LogP contribution is -2.52. The van der Waals surface area contributed by atoms with Crippen LogP contribution in [-0.4, -0.2) is 56.0 Å². The molecule has 1 fully saturated rings. The van der Waals surface area contributed by atoms with Crippen molar-refractivity contribution in [2.75, 3.05) is 18.0 Å². The summed E-state index contributed by atoms with van der Waals surface area (Å²) in [5, 5.41) is 7.90. The summed E-state index contributed by atoms with van der Waals surface area (Å²) < 4.78 is 12.0. The van der Waals surface area contributed by atoms with Gasteiger partial charge in [-0.15, -0.1) is 0 Å². The molecule has 1 atom stereocenters. The number of para-hydroxylation sites is 1. The van der Waals surface area contributed by atoms with Gasteiger partial charge in [0, 0.05) is 25.9 Å². The molecule has 10 heteroatoms. The first-order valence-corrected chi connectivity index (χ1v) is 12.9. The van der Waals surface area contributed by atoms with E-state index in [1.807, 2.05) is 61.2 Å². The van der Waals surface area contributed by atoms with Crippen LogP contribution in [0.2, 0.25) is 0 Å². The Morgan fingerprint density at radius 2 is 1.68 bits per heavy atom. The summed E-state index contributed by atoms with van der Waals surface area (Å²) in [6.45, 7) is 4.82. The van der Waals surface area contributed by atoms with Crippen LogP contribution in [0.25, 0.3) is 11.0 Å². The monoisotopic (exact) mass is 514 g/mol. The van der Waals surface area contributed by atoms with Crippen LogP contribution in [0.4, 0.5) is 5.82 Å². The van der Waals surface area contributed by atoms with Crippen molar-refractivity contribution in [3.63, 3.8) is 0 Å².